The second-order valence-corrected chi connectivity index (χ2v) is 8.99. The number of hydrogen-bond acceptors (Lipinski definition) is 7. The van der Waals surface area contributed by atoms with E-state index in [4.69, 9.17) is 14.2 Å². The third-order valence-corrected chi connectivity index (χ3v) is 6.52. The first-order valence-electron chi connectivity index (χ1n) is 12.7. The minimum absolute atomic E-state index is 0.0209. The van der Waals surface area contributed by atoms with Crippen LogP contribution in [0.25, 0.3) is 5.76 Å². The molecule has 0 saturated carbocycles. The van der Waals surface area contributed by atoms with Crippen molar-refractivity contribution in [2.75, 3.05) is 27.4 Å². The molecular weight excluding hydrogens is 486 g/mol. The number of ketones is 1. The molecule has 0 aliphatic carbocycles. The highest BCUT2D eigenvalue weighted by Gasteiger charge is 2.46. The minimum Gasteiger partial charge on any atom is -0.507 e. The molecule has 1 saturated heterocycles. The number of likely N-dealkylation sites (tertiary alicyclic amines) is 1. The zero-order valence-corrected chi connectivity index (χ0v) is 21.9. The van der Waals surface area contributed by atoms with Gasteiger partial charge in [-0.3, -0.25) is 9.59 Å². The number of aryl methyl sites for hydroxylation is 1. The van der Waals surface area contributed by atoms with Crippen molar-refractivity contribution < 1.29 is 28.9 Å². The minimum atomic E-state index is -0.803. The SMILES string of the molecule is CCCCOc1ccc(C2C(=C(O)c3cccc(OC)c3)C(=O)C(=O)N2CCCn2ccnc2)cc1OC. The van der Waals surface area contributed by atoms with Gasteiger partial charge in [-0.25, -0.2) is 4.98 Å². The van der Waals surface area contributed by atoms with Crippen LogP contribution < -0.4 is 14.2 Å². The van der Waals surface area contributed by atoms with E-state index in [1.165, 1.54) is 12.0 Å². The van der Waals surface area contributed by atoms with Crippen molar-refractivity contribution in [1.82, 2.24) is 14.5 Å². The van der Waals surface area contributed by atoms with Gasteiger partial charge in [0.05, 0.1) is 38.8 Å². The van der Waals surface area contributed by atoms with E-state index in [-0.39, 0.29) is 11.3 Å². The van der Waals surface area contributed by atoms with Crippen LogP contribution in [-0.4, -0.2) is 58.6 Å². The lowest BCUT2D eigenvalue weighted by atomic mass is 9.95. The fraction of sp³-hybridized carbons (Fsp3) is 0.345. The van der Waals surface area contributed by atoms with E-state index < -0.39 is 17.7 Å². The number of Topliss-reactive ketones (excluding diaryl/α,β-unsaturated/α-hetero) is 1. The number of unbranched alkanes of at least 4 members (excludes halogenated alkanes) is 1. The average molecular weight is 520 g/mol. The maximum atomic E-state index is 13.3. The molecule has 0 bridgehead atoms. The second-order valence-electron chi connectivity index (χ2n) is 8.99. The van der Waals surface area contributed by atoms with Crippen LogP contribution in [0.3, 0.4) is 0 Å². The molecule has 0 radical (unpaired) electrons. The normalized spacial score (nSPS) is 16.6. The molecule has 1 atom stereocenters. The fourth-order valence-electron chi connectivity index (χ4n) is 4.53. The molecule has 1 aliphatic heterocycles. The van der Waals surface area contributed by atoms with Crippen LogP contribution in [0, 0.1) is 0 Å². The van der Waals surface area contributed by atoms with E-state index >= 15 is 0 Å². The van der Waals surface area contributed by atoms with Crippen molar-refractivity contribution >= 4 is 17.4 Å². The molecule has 200 valence electrons. The zero-order chi connectivity index (χ0) is 27.1. The predicted octanol–water partition coefficient (Wildman–Crippen LogP) is 4.59. The number of methoxy groups -OCH3 is 2. The Balaban J connectivity index is 1.75. The summed E-state index contributed by atoms with van der Waals surface area (Å²) in [6.45, 7) is 3.56. The van der Waals surface area contributed by atoms with Crippen LogP contribution in [0.4, 0.5) is 0 Å². The number of carbonyl (C=O) groups is 2. The molecule has 2 heterocycles. The lowest BCUT2D eigenvalue weighted by Gasteiger charge is -2.26. The Kier molecular flexibility index (Phi) is 8.68. The average Bonchev–Trinajstić information content (AvgIpc) is 3.55. The number of aliphatic hydroxyl groups is 1. The maximum absolute atomic E-state index is 13.3. The first-order valence-corrected chi connectivity index (χ1v) is 12.7. The first kappa shape index (κ1) is 26.8. The van der Waals surface area contributed by atoms with Crippen LogP contribution >= 0.6 is 0 Å². The largest absolute Gasteiger partial charge is 0.507 e. The molecule has 9 heteroatoms. The fourth-order valence-corrected chi connectivity index (χ4v) is 4.53. The Bertz CT molecular complexity index is 1300. The summed E-state index contributed by atoms with van der Waals surface area (Å²) in [5, 5.41) is 11.3. The summed E-state index contributed by atoms with van der Waals surface area (Å²) in [5.41, 5.74) is 1.04. The Morgan fingerprint density at radius 3 is 2.58 bits per heavy atom. The van der Waals surface area contributed by atoms with E-state index in [9.17, 15) is 14.7 Å². The molecule has 1 aromatic heterocycles. The molecule has 4 rings (SSSR count). The van der Waals surface area contributed by atoms with Gasteiger partial charge in [0.25, 0.3) is 11.7 Å². The maximum Gasteiger partial charge on any atom is 0.295 e. The highest BCUT2D eigenvalue weighted by Crippen LogP contribution is 2.42. The highest BCUT2D eigenvalue weighted by molar-refractivity contribution is 6.46. The predicted molar refractivity (Wildman–Crippen MR) is 142 cm³/mol. The van der Waals surface area contributed by atoms with Crippen molar-refractivity contribution in [2.24, 2.45) is 0 Å². The van der Waals surface area contributed by atoms with Gasteiger partial charge in [0.2, 0.25) is 0 Å². The molecule has 1 fully saturated rings. The van der Waals surface area contributed by atoms with Crippen LogP contribution in [0.1, 0.15) is 43.4 Å². The van der Waals surface area contributed by atoms with Gasteiger partial charge in [-0.05, 0) is 42.7 Å². The van der Waals surface area contributed by atoms with E-state index in [0.717, 1.165) is 12.8 Å². The number of carbonyl (C=O) groups excluding carboxylic acids is 2. The van der Waals surface area contributed by atoms with Gasteiger partial charge in [0.15, 0.2) is 11.5 Å². The van der Waals surface area contributed by atoms with E-state index in [1.807, 2.05) is 16.8 Å². The number of nitrogens with zero attached hydrogens (tertiary/aromatic N) is 3. The molecule has 2 aromatic carbocycles. The molecule has 0 spiro atoms. The topological polar surface area (TPSA) is 103 Å². The van der Waals surface area contributed by atoms with Gasteiger partial charge in [0.1, 0.15) is 11.5 Å². The van der Waals surface area contributed by atoms with Crippen LogP contribution in [0.5, 0.6) is 17.2 Å². The van der Waals surface area contributed by atoms with Crippen LogP contribution in [0.2, 0.25) is 0 Å². The van der Waals surface area contributed by atoms with Gasteiger partial charge in [-0.15, -0.1) is 0 Å². The van der Waals surface area contributed by atoms with Crippen LogP contribution in [0.15, 0.2) is 66.8 Å². The molecule has 9 nitrogen and oxygen atoms in total. The Morgan fingerprint density at radius 2 is 1.87 bits per heavy atom. The highest BCUT2D eigenvalue weighted by atomic mass is 16.5. The molecule has 1 N–H and O–H groups in total. The number of imidazole rings is 1. The smallest absolute Gasteiger partial charge is 0.295 e. The number of aliphatic hydroxyl groups excluding tert-OH is 1. The van der Waals surface area contributed by atoms with Crippen molar-refractivity contribution in [3.8, 4) is 17.2 Å². The monoisotopic (exact) mass is 519 g/mol. The van der Waals surface area contributed by atoms with E-state index in [2.05, 4.69) is 11.9 Å². The lowest BCUT2D eigenvalue weighted by Crippen LogP contribution is -2.31. The molecule has 1 unspecified atom stereocenters. The van der Waals surface area contributed by atoms with Gasteiger partial charge >= 0.3 is 0 Å². The summed E-state index contributed by atoms with van der Waals surface area (Å²) in [5.74, 6) is -0.0620. The summed E-state index contributed by atoms with van der Waals surface area (Å²) in [7, 11) is 3.07. The second kappa shape index (κ2) is 12.3. The number of benzene rings is 2. The van der Waals surface area contributed by atoms with E-state index in [1.54, 1.807) is 56.0 Å². The first-order chi connectivity index (χ1) is 18.5. The number of aromatic nitrogens is 2. The summed E-state index contributed by atoms with van der Waals surface area (Å²) in [4.78, 5) is 32.2. The third-order valence-electron chi connectivity index (χ3n) is 6.52. The van der Waals surface area contributed by atoms with Gasteiger partial charge < -0.3 is 28.8 Å². The number of hydrogen-bond donors (Lipinski definition) is 1. The van der Waals surface area contributed by atoms with Gasteiger partial charge in [0, 0.05) is 31.0 Å². The third kappa shape index (κ3) is 5.66. The molecule has 1 aliphatic rings. The summed E-state index contributed by atoms with van der Waals surface area (Å²) >= 11 is 0. The Labute approximate surface area is 222 Å². The number of rotatable bonds is 12. The van der Waals surface area contributed by atoms with Gasteiger partial charge in [-0.2, -0.15) is 0 Å². The standard InChI is InChI=1S/C29H33N3O6/c1-4-5-16-38-23-11-10-20(18-24(23)37-3)26-25(27(33)21-8-6-9-22(17-21)36-2)28(34)29(35)32(26)14-7-13-31-15-12-30-19-31/h6,8-12,15,17-19,26,33H,4-5,7,13-14,16H2,1-3H3. The van der Waals surface area contributed by atoms with Crippen molar-refractivity contribution in [3.63, 3.8) is 0 Å². The number of ether oxygens (including phenoxy) is 3. The number of amides is 1. The van der Waals surface area contributed by atoms with Crippen molar-refractivity contribution in [1.29, 1.82) is 0 Å². The Morgan fingerprint density at radius 1 is 1.03 bits per heavy atom. The van der Waals surface area contributed by atoms with Crippen LogP contribution in [-0.2, 0) is 16.1 Å². The summed E-state index contributed by atoms with van der Waals surface area (Å²) in [6, 6.07) is 11.3. The molecule has 1 amide bonds. The molecule has 38 heavy (non-hydrogen) atoms. The Hall–Kier alpha value is -4.27. The molecular formula is C29H33N3O6. The van der Waals surface area contributed by atoms with Crippen molar-refractivity contribution in [2.45, 2.75) is 38.8 Å². The zero-order valence-electron chi connectivity index (χ0n) is 21.9. The van der Waals surface area contributed by atoms with E-state index in [0.29, 0.717) is 54.5 Å². The quantitative estimate of drug-likeness (QED) is 0.162. The van der Waals surface area contributed by atoms with Crippen molar-refractivity contribution in [3.05, 3.63) is 77.9 Å². The molecule has 3 aromatic rings. The van der Waals surface area contributed by atoms with Gasteiger partial charge in [-0.1, -0.05) is 31.5 Å². The summed E-state index contributed by atoms with van der Waals surface area (Å²) in [6.07, 6.45) is 7.74. The lowest BCUT2D eigenvalue weighted by molar-refractivity contribution is -0.139. The summed E-state index contributed by atoms with van der Waals surface area (Å²) < 4.78 is 18.7.